The van der Waals surface area contributed by atoms with E-state index < -0.39 is 5.60 Å². The molecular formula is C13H15N3O2. The highest BCUT2D eigenvalue weighted by atomic mass is 16.5. The van der Waals surface area contributed by atoms with Gasteiger partial charge in [-0.25, -0.2) is 4.98 Å². The van der Waals surface area contributed by atoms with Crippen LogP contribution in [0.3, 0.4) is 0 Å². The molecule has 1 amide bonds. The minimum Gasteiger partial charge on any atom is -0.477 e. The highest BCUT2D eigenvalue weighted by Gasteiger charge is 2.42. The Morgan fingerprint density at radius 3 is 2.89 bits per heavy atom. The van der Waals surface area contributed by atoms with Crippen molar-refractivity contribution in [2.24, 2.45) is 5.73 Å². The molecule has 2 aromatic heterocycles. The Balaban J connectivity index is 1.92. The van der Waals surface area contributed by atoms with Gasteiger partial charge in [-0.3, -0.25) is 4.79 Å². The molecule has 0 unspecified atom stereocenters. The van der Waals surface area contributed by atoms with E-state index in [-0.39, 0.29) is 5.91 Å². The van der Waals surface area contributed by atoms with Crippen LogP contribution in [0.25, 0.3) is 5.65 Å². The number of hydrogen-bond acceptors (Lipinski definition) is 3. The maximum atomic E-state index is 11.6. The molecule has 0 aromatic carbocycles. The van der Waals surface area contributed by atoms with Crippen LogP contribution in [0.15, 0.2) is 30.7 Å². The van der Waals surface area contributed by atoms with Gasteiger partial charge in [0.25, 0.3) is 5.91 Å². The lowest BCUT2D eigenvalue weighted by Crippen LogP contribution is -2.46. The fourth-order valence-corrected chi connectivity index (χ4v) is 2.53. The second-order valence-corrected chi connectivity index (χ2v) is 4.72. The molecule has 0 aliphatic heterocycles. The molecule has 1 aliphatic carbocycles. The van der Waals surface area contributed by atoms with E-state index in [4.69, 9.17) is 10.5 Å². The van der Waals surface area contributed by atoms with Crippen molar-refractivity contribution in [3.8, 4) is 5.75 Å². The third kappa shape index (κ3) is 1.72. The number of primary amides is 1. The number of rotatable bonds is 3. The van der Waals surface area contributed by atoms with Gasteiger partial charge in [0.1, 0.15) is 11.4 Å². The molecule has 0 spiro atoms. The van der Waals surface area contributed by atoms with Crippen LogP contribution < -0.4 is 10.5 Å². The first-order valence-corrected chi connectivity index (χ1v) is 6.11. The van der Waals surface area contributed by atoms with Crippen molar-refractivity contribution in [2.45, 2.75) is 31.3 Å². The zero-order valence-electron chi connectivity index (χ0n) is 10.0. The summed E-state index contributed by atoms with van der Waals surface area (Å²) in [4.78, 5) is 15.8. The Labute approximate surface area is 105 Å². The van der Waals surface area contributed by atoms with Crippen molar-refractivity contribution in [2.75, 3.05) is 0 Å². The predicted molar refractivity (Wildman–Crippen MR) is 66.2 cm³/mol. The van der Waals surface area contributed by atoms with Gasteiger partial charge in [-0.15, -0.1) is 0 Å². The molecule has 3 rings (SSSR count). The van der Waals surface area contributed by atoms with Crippen LogP contribution in [-0.2, 0) is 4.79 Å². The Kier molecular flexibility index (Phi) is 2.47. The minimum absolute atomic E-state index is 0.372. The smallest absolute Gasteiger partial charge is 0.261 e. The molecule has 94 valence electrons. The normalized spacial score (nSPS) is 18.0. The molecular weight excluding hydrogens is 230 g/mol. The first-order valence-electron chi connectivity index (χ1n) is 6.11. The molecule has 2 N–H and O–H groups in total. The maximum Gasteiger partial charge on any atom is 0.261 e. The molecule has 0 atom stereocenters. The van der Waals surface area contributed by atoms with Gasteiger partial charge in [-0.05, 0) is 31.7 Å². The third-order valence-corrected chi connectivity index (χ3v) is 3.54. The molecule has 5 nitrogen and oxygen atoms in total. The van der Waals surface area contributed by atoms with Crippen LogP contribution in [0.4, 0.5) is 0 Å². The molecule has 2 aromatic rings. The molecule has 2 heterocycles. The number of hydrogen-bond donors (Lipinski definition) is 1. The zero-order chi connectivity index (χ0) is 12.6. The number of ether oxygens (including phenoxy) is 1. The third-order valence-electron chi connectivity index (χ3n) is 3.54. The summed E-state index contributed by atoms with van der Waals surface area (Å²) in [5.41, 5.74) is 5.46. The zero-order valence-corrected chi connectivity index (χ0v) is 10.0. The molecule has 18 heavy (non-hydrogen) atoms. The second kappa shape index (κ2) is 4.01. The van der Waals surface area contributed by atoms with E-state index in [9.17, 15) is 4.79 Å². The van der Waals surface area contributed by atoms with Crippen LogP contribution in [0, 0.1) is 0 Å². The Bertz CT molecular complexity index is 585. The average molecular weight is 245 g/mol. The summed E-state index contributed by atoms with van der Waals surface area (Å²) in [6.45, 7) is 0. The van der Waals surface area contributed by atoms with Gasteiger partial charge < -0.3 is 14.9 Å². The van der Waals surface area contributed by atoms with Crippen molar-refractivity contribution in [3.63, 3.8) is 0 Å². The highest BCUT2D eigenvalue weighted by Crippen LogP contribution is 2.34. The Morgan fingerprint density at radius 2 is 2.17 bits per heavy atom. The van der Waals surface area contributed by atoms with Gasteiger partial charge >= 0.3 is 0 Å². The summed E-state index contributed by atoms with van der Waals surface area (Å²) in [6.07, 6.45) is 8.80. The lowest BCUT2D eigenvalue weighted by molar-refractivity contribution is -0.132. The van der Waals surface area contributed by atoms with Gasteiger partial charge in [-0.1, -0.05) is 0 Å². The molecule has 0 saturated heterocycles. The van der Waals surface area contributed by atoms with Gasteiger partial charge in [-0.2, -0.15) is 0 Å². The summed E-state index contributed by atoms with van der Waals surface area (Å²) in [7, 11) is 0. The summed E-state index contributed by atoms with van der Waals surface area (Å²) < 4.78 is 7.76. The van der Waals surface area contributed by atoms with Crippen molar-refractivity contribution in [1.29, 1.82) is 0 Å². The van der Waals surface area contributed by atoms with Gasteiger partial charge in [0.15, 0.2) is 5.60 Å². The Morgan fingerprint density at radius 1 is 1.39 bits per heavy atom. The van der Waals surface area contributed by atoms with Gasteiger partial charge in [0.2, 0.25) is 0 Å². The minimum atomic E-state index is -0.828. The lowest BCUT2D eigenvalue weighted by atomic mass is 10.0. The number of carbonyl (C=O) groups excluding carboxylic acids is 1. The fraction of sp³-hybridized carbons (Fsp3) is 0.385. The molecule has 0 radical (unpaired) electrons. The topological polar surface area (TPSA) is 69.6 Å². The number of amides is 1. The van der Waals surface area contributed by atoms with Crippen LogP contribution in [-0.4, -0.2) is 20.9 Å². The molecule has 1 saturated carbocycles. The van der Waals surface area contributed by atoms with Crippen LogP contribution in [0.2, 0.25) is 0 Å². The first kappa shape index (κ1) is 11.1. The molecule has 1 aliphatic rings. The SMILES string of the molecule is NC(=O)C1(Oc2ccn3ccnc3c2)CCCC1. The van der Waals surface area contributed by atoms with Crippen molar-refractivity contribution < 1.29 is 9.53 Å². The average Bonchev–Trinajstić information content (AvgIpc) is 2.97. The summed E-state index contributed by atoms with van der Waals surface area (Å²) >= 11 is 0. The number of carbonyl (C=O) groups is 1. The van der Waals surface area contributed by atoms with Crippen LogP contribution in [0.5, 0.6) is 5.75 Å². The number of nitrogens with two attached hydrogens (primary N) is 1. The van der Waals surface area contributed by atoms with Crippen LogP contribution >= 0.6 is 0 Å². The van der Waals surface area contributed by atoms with E-state index in [1.165, 1.54) is 0 Å². The van der Waals surface area contributed by atoms with Gasteiger partial charge in [0, 0.05) is 24.7 Å². The number of pyridine rings is 1. The van der Waals surface area contributed by atoms with E-state index in [0.29, 0.717) is 18.6 Å². The molecule has 1 fully saturated rings. The van der Waals surface area contributed by atoms with E-state index in [0.717, 1.165) is 18.5 Å². The summed E-state index contributed by atoms with van der Waals surface area (Å²) in [6, 6.07) is 3.65. The summed E-state index contributed by atoms with van der Waals surface area (Å²) in [5, 5.41) is 0. The predicted octanol–water partition coefficient (Wildman–Crippen LogP) is 1.51. The Hall–Kier alpha value is -2.04. The molecule has 5 heteroatoms. The highest BCUT2D eigenvalue weighted by molar-refractivity contribution is 5.84. The molecule has 0 bridgehead atoms. The maximum absolute atomic E-state index is 11.6. The lowest BCUT2D eigenvalue weighted by Gasteiger charge is -2.26. The second-order valence-electron chi connectivity index (χ2n) is 4.72. The van der Waals surface area contributed by atoms with E-state index >= 15 is 0 Å². The number of imidazole rings is 1. The number of nitrogens with zero attached hydrogens (tertiary/aromatic N) is 2. The first-order chi connectivity index (χ1) is 8.70. The number of aromatic nitrogens is 2. The summed E-state index contributed by atoms with van der Waals surface area (Å²) in [5.74, 6) is 0.276. The van der Waals surface area contributed by atoms with Gasteiger partial charge in [0.05, 0.1) is 0 Å². The number of fused-ring (bicyclic) bond motifs is 1. The standard InChI is InChI=1S/C13H15N3O2/c14-12(17)13(4-1-2-5-13)18-10-3-7-16-8-6-15-11(16)9-10/h3,6-9H,1-2,4-5H2,(H2,14,17). The van der Waals surface area contributed by atoms with E-state index in [2.05, 4.69) is 4.98 Å². The van der Waals surface area contributed by atoms with Crippen molar-refractivity contribution in [1.82, 2.24) is 9.38 Å². The van der Waals surface area contributed by atoms with Crippen molar-refractivity contribution >= 4 is 11.6 Å². The van der Waals surface area contributed by atoms with E-state index in [1.807, 2.05) is 28.9 Å². The largest absolute Gasteiger partial charge is 0.477 e. The van der Waals surface area contributed by atoms with Crippen LogP contribution in [0.1, 0.15) is 25.7 Å². The quantitative estimate of drug-likeness (QED) is 0.891. The monoisotopic (exact) mass is 245 g/mol. The fourth-order valence-electron chi connectivity index (χ4n) is 2.53. The van der Waals surface area contributed by atoms with Crippen molar-refractivity contribution in [3.05, 3.63) is 30.7 Å². The van der Waals surface area contributed by atoms with E-state index in [1.54, 1.807) is 6.20 Å².